The van der Waals surface area contributed by atoms with E-state index in [-0.39, 0.29) is 0 Å². The molecule has 0 aromatic rings. The number of rotatable bonds is 66. The molecule has 85 heavy (non-hydrogen) atoms. The zero-order chi connectivity index (χ0) is 63.0. The molecule has 0 fully saturated rings. The molecule has 0 aromatic heterocycles. The number of hydrogen-bond donors (Lipinski definition) is 0. The van der Waals surface area contributed by atoms with Gasteiger partial charge in [-0.05, 0) is 187 Å². The zero-order valence-corrected chi connectivity index (χ0v) is 62.1. The zero-order valence-electron chi connectivity index (χ0n) is 61.2. The van der Waals surface area contributed by atoms with Crippen molar-refractivity contribution in [2.24, 2.45) is 51.8 Å². The average Bonchev–Trinajstić information content (AvgIpc) is 3.61. The molecular formula is C81H159O3P. The fourth-order valence-electron chi connectivity index (χ4n) is 13.6. The molecule has 0 heterocycles. The molecule has 0 radical (unpaired) electrons. The van der Waals surface area contributed by atoms with Crippen molar-refractivity contribution in [1.82, 2.24) is 0 Å². The second-order valence-corrected chi connectivity index (χ2v) is 31.4. The Morgan fingerprint density at radius 3 is 0.706 bits per heavy atom. The summed E-state index contributed by atoms with van der Waals surface area (Å²) in [5.41, 5.74) is 1.42. The van der Waals surface area contributed by atoms with Crippen molar-refractivity contribution in [3.63, 3.8) is 0 Å². The summed E-state index contributed by atoms with van der Waals surface area (Å²) < 4.78 is 20.2. The maximum Gasteiger partial charge on any atom is 0.332 e. The number of unbranched alkanes of at least 4 members (excludes halogenated alkanes) is 21. The average molecular weight is 1210 g/mol. The molecule has 0 aliphatic rings. The number of allylic oxidation sites excluding steroid dienone is 6. The molecule has 0 bridgehead atoms. The van der Waals surface area contributed by atoms with Crippen LogP contribution in [0.2, 0.25) is 0 Å². The van der Waals surface area contributed by atoms with Crippen molar-refractivity contribution in [3.05, 3.63) is 36.5 Å². The molecule has 0 N–H and O–H groups in total. The minimum Gasteiger partial charge on any atom is -0.312 e. The van der Waals surface area contributed by atoms with Crippen LogP contribution in [0.4, 0.5) is 0 Å². The molecule has 0 saturated carbocycles. The third kappa shape index (κ3) is 50.8. The molecule has 0 aromatic carbocycles. The van der Waals surface area contributed by atoms with Gasteiger partial charge in [0.15, 0.2) is 0 Å². The largest absolute Gasteiger partial charge is 0.332 e. The summed E-state index contributed by atoms with van der Waals surface area (Å²) in [6.45, 7) is 38.3. The van der Waals surface area contributed by atoms with Crippen LogP contribution in [0, 0.1) is 51.8 Å². The minimum atomic E-state index is -1.35. The highest BCUT2D eigenvalue weighted by molar-refractivity contribution is 7.41. The fraction of sp³-hybridized carbons (Fsp3) is 0.926. The van der Waals surface area contributed by atoms with E-state index in [1.807, 2.05) is 0 Å². The van der Waals surface area contributed by atoms with Crippen molar-refractivity contribution in [2.75, 3.05) is 19.8 Å². The van der Waals surface area contributed by atoms with Crippen molar-refractivity contribution in [3.8, 4) is 0 Å². The minimum absolute atomic E-state index is 0.475. The van der Waals surface area contributed by atoms with Crippen LogP contribution in [0.1, 0.15) is 412 Å². The SMILES string of the molecule is CCC/C=C/C(C)CCC(CCCCCCC)(CCCCCOP(OCCCCCC(CCCCCCC)(CCC(C)C)CCC(C)/C=C/CCC)OCCCCCC(CCCCCCC)(CCC(C)C)CCC(C)/C=C/CCC)CCC(C)C. The molecule has 0 spiro atoms. The van der Waals surface area contributed by atoms with Gasteiger partial charge < -0.3 is 13.6 Å². The summed E-state index contributed by atoms with van der Waals surface area (Å²) in [4.78, 5) is 0. The molecule has 3 nitrogen and oxygen atoms in total. The van der Waals surface area contributed by atoms with Gasteiger partial charge in [0.2, 0.25) is 0 Å². The molecule has 0 rings (SSSR count). The summed E-state index contributed by atoms with van der Waals surface area (Å²) in [5, 5.41) is 0. The number of hydrogen-bond acceptors (Lipinski definition) is 3. The monoisotopic (exact) mass is 1210 g/mol. The van der Waals surface area contributed by atoms with Crippen molar-refractivity contribution in [1.29, 1.82) is 0 Å². The maximum absolute atomic E-state index is 6.74. The van der Waals surface area contributed by atoms with Gasteiger partial charge in [-0.3, -0.25) is 0 Å². The highest BCUT2D eigenvalue weighted by Crippen LogP contribution is 2.47. The van der Waals surface area contributed by atoms with E-state index in [1.54, 1.807) is 0 Å². The van der Waals surface area contributed by atoms with Gasteiger partial charge in [0.05, 0.1) is 19.8 Å². The van der Waals surface area contributed by atoms with Gasteiger partial charge in [-0.15, -0.1) is 0 Å². The molecule has 6 unspecified atom stereocenters. The fourth-order valence-corrected chi connectivity index (χ4v) is 14.6. The van der Waals surface area contributed by atoms with Crippen molar-refractivity contribution in [2.45, 2.75) is 412 Å². The van der Waals surface area contributed by atoms with E-state index >= 15 is 0 Å². The molecule has 0 amide bonds. The highest BCUT2D eigenvalue weighted by Gasteiger charge is 2.32. The Bertz CT molecular complexity index is 1300. The smallest absolute Gasteiger partial charge is 0.312 e. The summed E-state index contributed by atoms with van der Waals surface area (Å²) in [7, 11) is -1.35. The Balaban J connectivity index is 6.29. The van der Waals surface area contributed by atoms with Crippen LogP contribution in [-0.2, 0) is 13.6 Å². The van der Waals surface area contributed by atoms with Gasteiger partial charge in [0.1, 0.15) is 0 Å². The van der Waals surface area contributed by atoms with Crippen LogP contribution >= 0.6 is 8.60 Å². The molecule has 506 valence electrons. The molecule has 0 aliphatic heterocycles. The quantitative estimate of drug-likeness (QED) is 0.0345. The lowest BCUT2D eigenvalue weighted by molar-refractivity contribution is 0.142. The van der Waals surface area contributed by atoms with Gasteiger partial charge in [0.25, 0.3) is 0 Å². The van der Waals surface area contributed by atoms with E-state index in [2.05, 4.69) is 140 Å². The third-order valence-corrected chi connectivity index (χ3v) is 21.2. The van der Waals surface area contributed by atoms with Crippen LogP contribution in [0.5, 0.6) is 0 Å². The van der Waals surface area contributed by atoms with Gasteiger partial charge in [-0.2, -0.15) is 0 Å². The van der Waals surface area contributed by atoms with Gasteiger partial charge in [-0.25, -0.2) is 0 Å². The van der Waals surface area contributed by atoms with E-state index in [4.69, 9.17) is 13.6 Å². The lowest BCUT2D eigenvalue weighted by Gasteiger charge is -2.36. The lowest BCUT2D eigenvalue weighted by atomic mass is 9.69. The summed E-state index contributed by atoms with van der Waals surface area (Å²) in [6, 6.07) is 0. The molecule has 6 atom stereocenters. The van der Waals surface area contributed by atoms with Gasteiger partial charge in [0, 0.05) is 0 Å². The summed E-state index contributed by atoms with van der Waals surface area (Å²) in [6.07, 6.45) is 78.9. The normalized spacial score (nSPS) is 16.2. The van der Waals surface area contributed by atoms with Gasteiger partial charge >= 0.3 is 8.60 Å². The Morgan fingerprint density at radius 2 is 0.482 bits per heavy atom. The van der Waals surface area contributed by atoms with E-state index in [0.29, 0.717) is 34.0 Å². The first-order valence-electron chi connectivity index (χ1n) is 38.8. The Hall–Kier alpha value is -0.470. The highest BCUT2D eigenvalue weighted by atomic mass is 31.2. The van der Waals surface area contributed by atoms with Crippen molar-refractivity contribution >= 4 is 8.60 Å². The Morgan fingerprint density at radius 1 is 0.259 bits per heavy atom. The summed E-state index contributed by atoms with van der Waals surface area (Å²) in [5.74, 6) is 4.32. The second-order valence-electron chi connectivity index (χ2n) is 30.1. The van der Waals surface area contributed by atoms with E-state index in [9.17, 15) is 0 Å². The molecular weight excluding hydrogens is 1050 g/mol. The molecule has 0 aliphatic carbocycles. The predicted octanol–water partition coefficient (Wildman–Crippen LogP) is 29.6. The van der Waals surface area contributed by atoms with Crippen LogP contribution in [-0.4, -0.2) is 19.8 Å². The van der Waals surface area contributed by atoms with Crippen LogP contribution in [0.3, 0.4) is 0 Å². The first-order chi connectivity index (χ1) is 41.1. The molecule has 4 heteroatoms. The van der Waals surface area contributed by atoms with Gasteiger partial charge in [-0.1, -0.05) is 314 Å². The lowest BCUT2D eigenvalue weighted by Crippen LogP contribution is -2.23. The van der Waals surface area contributed by atoms with E-state index in [1.165, 1.54) is 289 Å². The second kappa shape index (κ2) is 58.6. The first kappa shape index (κ1) is 84.5. The van der Waals surface area contributed by atoms with E-state index in [0.717, 1.165) is 56.8 Å². The third-order valence-electron chi connectivity index (χ3n) is 20.0. The summed E-state index contributed by atoms with van der Waals surface area (Å²) >= 11 is 0. The predicted molar refractivity (Wildman–Crippen MR) is 387 cm³/mol. The van der Waals surface area contributed by atoms with Crippen molar-refractivity contribution < 1.29 is 13.6 Å². The first-order valence-corrected chi connectivity index (χ1v) is 39.9. The van der Waals surface area contributed by atoms with Crippen LogP contribution in [0.25, 0.3) is 0 Å². The topological polar surface area (TPSA) is 27.7 Å². The maximum atomic E-state index is 6.74. The van der Waals surface area contributed by atoms with E-state index < -0.39 is 8.60 Å². The molecule has 0 saturated heterocycles. The van der Waals surface area contributed by atoms with Crippen LogP contribution < -0.4 is 0 Å². The van der Waals surface area contributed by atoms with Crippen LogP contribution in [0.15, 0.2) is 36.5 Å². The Kier molecular flexibility index (Phi) is 58.3. The standard InChI is InChI=1S/C81H159O3P/c1-16-22-28-31-40-58-79(64-52-73(7)8,67-55-76(13)49-37-25-19-4)61-43-34-46-70-82-85(83-71-47-35-44-62-80(65-53-74(9)10,59-41-32-29-23-17-2)68-56-77(14)50-38-26-20-5)84-72-48-36-45-63-81(66-54-75(11)12,60-42-33-30-24-18-3)69-57-78(15)51-39-27-21-6/h37-39,49-51,73-78H,16-36,40-48,52-72H2,1-15H3/b49-37+,50-38+,51-39+. The Labute approximate surface area is 539 Å².